The van der Waals surface area contributed by atoms with E-state index in [2.05, 4.69) is 10.4 Å². The van der Waals surface area contributed by atoms with Crippen molar-refractivity contribution in [1.29, 1.82) is 0 Å². The molecule has 3 nitrogen and oxygen atoms in total. The van der Waals surface area contributed by atoms with Crippen molar-refractivity contribution in [1.82, 2.24) is 15.1 Å². The summed E-state index contributed by atoms with van der Waals surface area (Å²) in [7, 11) is 1.91. The van der Waals surface area contributed by atoms with Crippen molar-refractivity contribution in [2.75, 3.05) is 7.05 Å². The van der Waals surface area contributed by atoms with Crippen molar-refractivity contribution < 1.29 is 0 Å². The van der Waals surface area contributed by atoms with Crippen molar-refractivity contribution in [3.05, 3.63) is 46.7 Å². The SMILES string of the molecule is CNCc1ccn(-c2cccc(Cl)c2C)n1. The molecule has 0 bridgehead atoms. The van der Waals surface area contributed by atoms with E-state index < -0.39 is 0 Å². The van der Waals surface area contributed by atoms with Crippen LogP contribution in [0.3, 0.4) is 0 Å². The molecule has 0 aliphatic heterocycles. The minimum atomic E-state index is 0.767. The molecule has 1 aromatic carbocycles. The highest BCUT2D eigenvalue weighted by Gasteiger charge is 2.05. The van der Waals surface area contributed by atoms with Crippen LogP contribution >= 0.6 is 11.6 Å². The molecule has 2 aromatic rings. The standard InChI is InChI=1S/C12H14ClN3/c1-9-11(13)4-3-5-12(9)16-7-6-10(15-16)8-14-2/h3-7,14H,8H2,1-2H3. The predicted molar refractivity (Wildman–Crippen MR) is 66.1 cm³/mol. The van der Waals surface area contributed by atoms with Gasteiger partial charge in [0.05, 0.1) is 11.4 Å². The number of nitrogens with zero attached hydrogens (tertiary/aromatic N) is 2. The van der Waals surface area contributed by atoms with Gasteiger partial charge < -0.3 is 5.32 Å². The Morgan fingerprint density at radius 1 is 1.38 bits per heavy atom. The lowest BCUT2D eigenvalue weighted by molar-refractivity contribution is 0.755. The summed E-state index contributed by atoms with van der Waals surface area (Å²) >= 11 is 6.08. The molecular weight excluding hydrogens is 222 g/mol. The summed E-state index contributed by atoms with van der Waals surface area (Å²) in [6, 6.07) is 7.83. The first-order valence-electron chi connectivity index (χ1n) is 5.17. The maximum atomic E-state index is 6.08. The van der Waals surface area contributed by atoms with E-state index in [1.807, 2.05) is 49.1 Å². The molecule has 0 aliphatic carbocycles. The summed E-state index contributed by atoms with van der Waals surface area (Å²) in [5.74, 6) is 0. The van der Waals surface area contributed by atoms with Crippen LogP contribution in [0.5, 0.6) is 0 Å². The van der Waals surface area contributed by atoms with Gasteiger partial charge >= 0.3 is 0 Å². The fourth-order valence-electron chi connectivity index (χ4n) is 1.62. The first-order chi connectivity index (χ1) is 7.72. The fraction of sp³-hybridized carbons (Fsp3) is 0.250. The van der Waals surface area contributed by atoms with Gasteiger partial charge in [0.1, 0.15) is 0 Å². The molecule has 4 heteroatoms. The Morgan fingerprint density at radius 3 is 2.94 bits per heavy atom. The largest absolute Gasteiger partial charge is 0.314 e. The molecule has 0 fully saturated rings. The van der Waals surface area contributed by atoms with Gasteiger partial charge in [-0.25, -0.2) is 4.68 Å². The van der Waals surface area contributed by atoms with E-state index in [1.165, 1.54) is 0 Å². The van der Waals surface area contributed by atoms with E-state index in [1.54, 1.807) is 0 Å². The van der Waals surface area contributed by atoms with Gasteiger partial charge in [-0.05, 0) is 37.7 Å². The average molecular weight is 236 g/mol. The van der Waals surface area contributed by atoms with Gasteiger partial charge in [-0.1, -0.05) is 17.7 Å². The summed E-state index contributed by atoms with van der Waals surface area (Å²) in [5.41, 5.74) is 3.08. The lowest BCUT2D eigenvalue weighted by Gasteiger charge is -2.06. The Labute approximate surface area is 100 Å². The van der Waals surface area contributed by atoms with Crippen LogP contribution in [0.2, 0.25) is 5.02 Å². The van der Waals surface area contributed by atoms with Gasteiger partial charge in [-0.2, -0.15) is 5.10 Å². The van der Waals surface area contributed by atoms with E-state index in [-0.39, 0.29) is 0 Å². The monoisotopic (exact) mass is 235 g/mol. The number of halogens is 1. The summed E-state index contributed by atoms with van der Waals surface area (Å²) in [4.78, 5) is 0. The second-order valence-corrected chi connectivity index (χ2v) is 4.07. The lowest BCUT2D eigenvalue weighted by Crippen LogP contribution is -2.06. The Bertz CT molecular complexity index is 491. The van der Waals surface area contributed by atoms with Gasteiger partial charge in [0, 0.05) is 17.8 Å². The molecule has 1 heterocycles. The third-order valence-electron chi connectivity index (χ3n) is 2.49. The van der Waals surface area contributed by atoms with Crippen LogP contribution in [0.15, 0.2) is 30.5 Å². The molecule has 0 saturated carbocycles. The number of aromatic nitrogens is 2. The second-order valence-electron chi connectivity index (χ2n) is 3.67. The van der Waals surface area contributed by atoms with Crippen molar-refractivity contribution in [2.24, 2.45) is 0 Å². The van der Waals surface area contributed by atoms with E-state index >= 15 is 0 Å². The van der Waals surface area contributed by atoms with E-state index in [9.17, 15) is 0 Å². The van der Waals surface area contributed by atoms with E-state index in [0.29, 0.717) is 0 Å². The van der Waals surface area contributed by atoms with Crippen LogP contribution in [0.25, 0.3) is 5.69 Å². The molecule has 0 aliphatic rings. The zero-order chi connectivity index (χ0) is 11.5. The number of rotatable bonds is 3. The molecule has 0 atom stereocenters. The Hall–Kier alpha value is -1.32. The third-order valence-corrected chi connectivity index (χ3v) is 2.90. The maximum Gasteiger partial charge on any atom is 0.0766 e. The number of nitrogens with one attached hydrogen (secondary N) is 1. The van der Waals surface area contributed by atoms with E-state index in [4.69, 9.17) is 11.6 Å². The van der Waals surface area contributed by atoms with Crippen LogP contribution in [-0.4, -0.2) is 16.8 Å². The molecule has 0 spiro atoms. The van der Waals surface area contributed by atoms with E-state index in [0.717, 1.165) is 28.5 Å². The van der Waals surface area contributed by atoms with Crippen LogP contribution < -0.4 is 5.32 Å². The molecule has 0 saturated heterocycles. The molecule has 16 heavy (non-hydrogen) atoms. The maximum absolute atomic E-state index is 6.08. The van der Waals surface area contributed by atoms with Crippen molar-refractivity contribution in [3.8, 4) is 5.69 Å². The molecule has 1 N–H and O–H groups in total. The summed E-state index contributed by atoms with van der Waals surface area (Å²) < 4.78 is 1.86. The average Bonchev–Trinajstić information content (AvgIpc) is 2.71. The zero-order valence-electron chi connectivity index (χ0n) is 9.37. The molecule has 0 amide bonds. The Balaban J connectivity index is 2.39. The van der Waals surface area contributed by atoms with Gasteiger partial charge in [-0.3, -0.25) is 0 Å². The summed E-state index contributed by atoms with van der Waals surface area (Å²) in [6.07, 6.45) is 1.95. The number of benzene rings is 1. The predicted octanol–water partition coefficient (Wildman–Crippen LogP) is 2.55. The topological polar surface area (TPSA) is 29.9 Å². The van der Waals surface area contributed by atoms with Gasteiger partial charge in [0.25, 0.3) is 0 Å². The number of hydrogen-bond donors (Lipinski definition) is 1. The highest BCUT2D eigenvalue weighted by atomic mass is 35.5. The number of hydrogen-bond acceptors (Lipinski definition) is 2. The molecule has 2 rings (SSSR count). The highest BCUT2D eigenvalue weighted by molar-refractivity contribution is 6.31. The van der Waals surface area contributed by atoms with Crippen LogP contribution in [-0.2, 0) is 6.54 Å². The van der Waals surface area contributed by atoms with Crippen molar-refractivity contribution in [2.45, 2.75) is 13.5 Å². The molecule has 0 radical (unpaired) electrons. The molecular formula is C12H14ClN3. The minimum absolute atomic E-state index is 0.767. The third kappa shape index (κ3) is 2.10. The smallest absolute Gasteiger partial charge is 0.0766 e. The summed E-state index contributed by atoms with van der Waals surface area (Å²) in [6.45, 7) is 2.77. The highest BCUT2D eigenvalue weighted by Crippen LogP contribution is 2.21. The van der Waals surface area contributed by atoms with Crippen LogP contribution in [0.1, 0.15) is 11.3 Å². The normalized spacial score (nSPS) is 10.7. The van der Waals surface area contributed by atoms with Crippen molar-refractivity contribution in [3.63, 3.8) is 0 Å². The second kappa shape index (κ2) is 4.68. The van der Waals surface area contributed by atoms with Gasteiger partial charge in [-0.15, -0.1) is 0 Å². The Morgan fingerprint density at radius 2 is 2.19 bits per heavy atom. The van der Waals surface area contributed by atoms with Crippen LogP contribution in [0.4, 0.5) is 0 Å². The van der Waals surface area contributed by atoms with Gasteiger partial charge in [0.15, 0.2) is 0 Å². The Kier molecular flexibility index (Phi) is 3.27. The van der Waals surface area contributed by atoms with Crippen molar-refractivity contribution >= 4 is 11.6 Å². The molecule has 1 aromatic heterocycles. The molecule has 84 valence electrons. The fourth-order valence-corrected chi connectivity index (χ4v) is 1.79. The minimum Gasteiger partial charge on any atom is -0.314 e. The first-order valence-corrected chi connectivity index (χ1v) is 5.55. The van der Waals surface area contributed by atoms with Gasteiger partial charge in [0.2, 0.25) is 0 Å². The van der Waals surface area contributed by atoms with Crippen LogP contribution in [0, 0.1) is 6.92 Å². The zero-order valence-corrected chi connectivity index (χ0v) is 10.1. The lowest BCUT2D eigenvalue weighted by atomic mass is 10.2. The first kappa shape index (κ1) is 11.2. The quantitative estimate of drug-likeness (QED) is 0.886. The molecule has 0 unspecified atom stereocenters. The summed E-state index contributed by atoms with van der Waals surface area (Å²) in [5, 5.41) is 8.31.